The summed E-state index contributed by atoms with van der Waals surface area (Å²) in [5.41, 5.74) is 4.33. The lowest BCUT2D eigenvalue weighted by Gasteiger charge is -2.08. The van der Waals surface area contributed by atoms with Crippen molar-refractivity contribution in [1.29, 1.82) is 0 Å². The Hall–Kier alpha value is -2.43. The fraction of sp³-hybridized carbons (Fsp3) is 0.389. The van der Waals surface area contributed by atoms with E-state index in [1.165, 1.54) is 25.7 Å². The molecule has 5 rings (SSSR count). The summed E-state index contributed by atoms with van der Waals surface area (Å²) in [6, 6.07) is 6.06. The van der Waals surface area contributed by atoms with Crippen LogP contribution in [-0.4, -0.2) is 19.7 Å². The molecule has 2 aliphatic carbocycles. The van der Waals surface area contributed by atoms with E-state index >= 15 is 0 Å². The highest BCUT2D eigenvalue weighted by Gasteiger charge is 2.26. The first-order chi connectivity index (χ1) is 11.3. The lowest BCUT2D eigenvalue weighted by Crippen LogP contribution is -2.13. The van der Waals surface area contributed by atoms with Crippen molar-refractivity contribution >= 4 is 11.0 Å². The first-order valence-electron chi connectivity index (χ1n) is 8.33. The van der Waals surface area contributed by atoms with Crippen LogP contribution in [0.4, 0.5) is 0 Å². The maximum Gasteiger partial charge on any atom is 0.274 e. The van der Waals surface area contributed by atoms with Crippen molar-refractivity contribution in [2.24, 2.45) is 5.92 Å². The van der Waals surface area contributed by atoms with Gasteiger partial charge in [0.1, 0.15) is 5.52 Å². The van der Waals surface area contributed by atoms with E-state index in [-0.39, 0.29) is 5.56 Å². The Morgan fingerprint density at radius 3 is 2.74 bits per heavy atom. The predicted molar refractivity (Wildman–Crippen MR) is 88.3 cm³/mol. The monoisotopic (exact) mass is 306 g/mol. The number of aromatic amines is 1. The van der Waals surface area contributed by atoms with Crippen LogP contribution < -0.4 is 5.56 Å². The van der Waals surface area contributed by atoms with Crippen LogP contribution in [0.2, 0.25) is 0 Å². The van der Waals surface area contributed by atoms with E-state index in [0.29, 0.717) is 11.5 Å². The number of nitrogens with zero attached hydrogens (tertiary/aromatic N) is 3. The number of aromatic nitrogens is 4. The van der Waals surface area contributed by atoms with Gasteiger partial charge < -0.3 is 4.57 Å². The van der Waals surface area contributed by atoms with Crippen molar-refractivity contribution in [1.82, 2.24) is 19.7 Å². The average Bonchev–Trinajstić information content (AvgIpc) is 3.47. The smallest absolute Gasteiger partial charge is 0.274 e. The van der Waals surface area contributed by atoms with E-state index in [2.05, 4.69) is 25.8 Å². The van der Waals surface area contributed by atoms with Crippen LogP contribution in [0.5, 0.6) is 0 Å². The van der Waals surface area contributed by atoms with Crippen molar-refractivity contribution in [3.05, 3.63) is 46.6 Å². The highest BCUT2D eigenvalue weighted by molar-refractivity contribution is 5.91. The van der Waals surface area contributed by atoms with Crippen LogP contribution in [0.1, 0.15) is 37.3 Å². The van der Waals surface area contributed by atoms with Gasteiger partial charge >= 0.3 is 0 Å². The summed E-state index contributed by atoms with van der Waals surface area (Å²) in [4.78, 5) is 17.0. The number of hydrogen-bond donors (Lipinski definition) is 1. The summed E-state index contributed by atoms with van der Waals surface area (Å²) in [5, 5.41) is 6.82. The molecule has 0 aliphatic heterocycles. The molecule has 0 saturated heterocycles. The Bertz CT molecular complexity index is 930. The minimum absolute atomic E-state index is 0.144. The second kappa shape index (κ2) is 4.78. The lowest BCUT2D eigenvalue weighted by molar-refractivity contribution is 0.647. The van der Waals surface area contributed by atoms with Crippen LogP contribution in [0.3, 0.4) is 0 Å². The van der Waals surface area contributed by atoms with Gasteiger partial charge in [-0.05, 0) is 43.7 Å². The van der Waals surface area contributed by atoms with Gasteiger partial charge in [0.15, 0.2) is 0 Å². The third-order valence-electron chi connectivity index (χ3n) is 4.91. The summed E-state index contributed by atoms with van der Waals surface area (Å²) >= 11 is 0. The van der Waals surface area contributed by atoms with Crippen LogP contribution in [-0.2, 0) is 6.54 Å². The number of pyridine rings is 1. The summed E-state index contributed by atoms with van der Waals surface area (Å²) in [6.45, 7) is 0.967. The molecule has 0 spiro atoms. The third kappa shape index (κ3) is 2.27. The van der Waals surface area contributed by atoms with Gasteiger partial charge in [0.2, 0.25) is 0 Å². The van der Waals surface area contributed by atoms with E-state index in [9.17, 15) is 4.79 Å². The molecular formula is C18H18N4O. The molecule has 116 valence electrons. The Morgan fingerprint density at radius 1 is 1.17 bits per heavy atom. The standard InChI is InChI=1S/C18H18N4O/c23-18-16(13-5-6-14(19-9-13)12-3-4-12)17-15(20-21-18)7-8-22(17)10-11-1-2-11/h5-9,11-12H,1-4,10H2,(H,21,23). The third-order valence-corrected chi connectivity index (χ3v) is 4.91. The van der Waals surface area contributed by atoms with Crippen molar-refractivity contribution in [3.63, 3.8) is 0 Å². The number of hydrogen-bond acceptors (Lipinski definition) is 3. The zero-order chi connectivity index (χ0) is 15.4. The lowest BCUT2D eigenvalue weighted by atomic mass is 10.1. The quantitative estimate of drug-likeness (QED) is 0.805. The highest BCUT2D eigenvalue weighted by atomic mass is 16.1. The zero-order valence-corrected chi connectivity index (χ0v) is 12.8. The normalized spacial score (nSPS) is 17.7. The Labute approximate surface area is 133 Å². The number of fused-ring (bicyclic) bond motifs is 1. The van der Waals surface area contributed by atoms with E-state index in [0.717, 1.165) is 34.8 Å². The summed E-state index contributed by atoms with van der Waals surface area (Å²) < 4.78 is 2.18. The van der Waals surface area contributed by atoms with E-state index < -0.39 is 0 Å². The van der Waals surface area contributed by atoms with Gasteiger partial charge in [0.05, 0.1) is 11.1 Å². The molecule has 5 nitrogen and oxygen atoms in total. The molecule has 2 aliphatic rings. The molecule has 2 saturated carbocycles. The fourth-order valence-electron chi connectivity index (χ4n) is 3.27. The van der Waals surface area contributed by atoms with Gasteiger partial charge in [-0.2, -0.15) is 5.10 Å². The second-order valence-corrected chi connectivity index (χ2v) is 6.82. The minimum atomic E-state index is -0.144. The molecule has 5 heteroatoms. The van der Waals surface area contributed by atoms with Gasteiger partial charge in [-0.25, -0.2) is 5.10 Å². The fourth-order valence-corrected chi connectivity index (χ4v) is 3.27. The summed E-state index contributed by atoms with van der Waals surface area (Å²) in [6.07, 6.45) is 8.91. The Balaban J connectivity index is 1.67. The number of H-pyrrole nitrogens is 1. The van der Waals surface area contributed by atoms with E-state index in [1.807, 2.05) is 24.5 Å². The molecule has 0 unspecified atom stereocenters. The van der Waals surface area contributed by atoms with Gasteiger partial charge in [-0.3, -0.25) is 9.78 Å². The molecule has 2 fully saturated rings. The first kappa shape index (κ1) is 13.0. The van der Waals surface area contributed by atoms with Crippen LogP contribution in [0.15, 0.2) is 35.4 Å². The zero-order valence-electron chi connectivity index (χ0n) is 12.8. The topological polar surface area (TPSA) is 63.6 Å². The van der Waals surface area contributed by atoms with Crippen LogP contribution in [0, 0.1) is 5.92 Å². The van der Waals surface area contributed by atoms with E-state index in [4.69, 9.17) is 0 Å². The van der Waals surface area contributed by atoms with Crippen molar-refractivity contribution < 1.29 is 0 Å². The largest absolute Gasteiger partial charge is 0.345 e. The Kier molecular flexibility index (Phi) is 2.71. The van der Waals surface area contributed by atoms with Crippen molar-refractivity contribution in [2.75, 3.05) is 0 Å². The second-order valence-electron chi connectivity index (χ2n) is 6.82. The molecule has 3 heterocycles. The van der Waals surface area contributed by atoms with Gasteiger partial charge in [0, 0.05) is 36.1 Å². The van der Waals surface area contributed by atoms with Gasteiger partial charge in [-0.1, -0.05) is 6.07 Å². The molecule has 0 bridgehead atoms. The molecule has 0 radical (unpaired) electrons. The molecule has 0 aromatic carbocycles. The molecule has 23 heavy (non-hydrogen) atoms. The molecular weight excluding hydrogens is 288 g/mol. The minimum Gasteiger partial charge on any atom is -0.345 e. The van der Waals surface area contributed by atoms with Crippen molar-refractivity contribution in [3.8, 4) is 11.1 Å². The van der Waals surface area contributed by atoms with Gasteiger partial charge in [-0.15, -0.1) is 0 Å². The van der Waals surface area contributed by atoms with Gasteiger partial charge in [0.25, 0.3) is 5.56 Å². The Morgan fingerprint density at radius 2 is 2.04 bits per heavy atom. The molecule has 0 atom stereocenters. The molecule has 3 aromatic heterocycles. The molecule has 0 amide bonds. The van der Waals surface area contributed by atoms with E-state index in [1.54, 1.807) is 0 Å². The maximum absolute atomic E-state index is 12.5. The van der Waals surface area contributed by atoms with Crippen LogP contribution >= 0.6 is 0 Å². The number of rotatable bonds is 4. The molecule has 1 N–H and O–H groups in total. The van der Waals surface area contributed by atoms with Crippen molar-refractivity contribution in [2.45, 2.75) is 38.1 Å². The summed E-state index contributed by atoms with van der Waals surface area (Å²) in [5.74, 6) is 1.37. The number of nitrogens with one attached hydrogen (secondary N) is 1. The SMILES string of the molecule is O=c1[nH]nc2ccn(CC3CC3)c2c1-c1ccc(C2CC2)nc1. The average molecular weight is 306 g/mol. The summed E-state index contributed by atoms with van der Waals surface area (Å²) in [7, 11) is 0. The maximum atomic E-state index is 12.5. The molecule has 3 aromatic rings. The first-order valence-corrected chi connectivity index (χ1v) is 8.33. The predicted octanol–water partition coefficient (Wildman–Crippen LogP) is 3.07. The highest BCUT2D eigenvalue weighted by Crippen LogP contribution is 2.39. The van der Waals surface area contributed by atoms with Crippen LogP contribution in [0.25, 0.3) is 22.2 Å².